The average molecular weight is 733 g/mol. The molecule has 0 aliphatic carbocycles. The van der Waals surface area contributed by atoms with Crippen LogP contribution in [-0.2, 0) is 0 Å². The fraction of sp³-hybridized carbons (Fsp3) is 0. The summed E-state index contributed by atoms with van der Waals surface area (Å²) in [6.07, 6.45) is 0. The molecule has 56 heavy (non-hydrogen) atoms. The summed E-state index contributed by atoms with van der Waals surface area (Å²) in [5.41, 5.74) is 10.9. The molecule has 262 valence electrons. The molecule has 0 unspecified atom stereocenters. The fourth-order valence-electron chi connectivity index (χ4n) is 8.86. The number of thiophene rings is 1. The molecule has 9 aromatic carbocycles. The smallest absolute Gasteiger partial charge is 0.143 e. The molecule has 0 N–H and O–H groups in total. The molecule has 12 aromatic rings. The van der Waals surface area contributed by atoms with Crippen molar-refractivity contribution in [2.45, 2.75) is 0 Å². The van der Waals surface area contributed by atoms with Gasteiger partial charge in [-0.2, -0.15) is 0 Å². The van der Waals surface area contributed by atoms with Crippen molar-refractivity contribution in [3.05, 3.63) is 194 Å². The summed E-state index contributed by atoms with van der Waals surface area (Å²) in [7, 11) is 0. The monoisotopic (exact) mass is 732 g/mol. The third-order valence-electron chi connectivity index (χ3n) is 11.4. The number of aromatic nitrogens is 1. The number of furan rings is 1. The fourth-order valence-corrected chi connectivity index (χ4v) is 9.99. The molecule has 0 aliphatic rings. The summed E-state index contributed by atoms with van der Waals surface area (Å²) in [4.78, 5) is 2.41. The summed E-state index contributed by atoms with van der Waals surface area (Å²) >= 11 is 1.85. The minimum Gasteiger partial charge on any atom is -0.455 e. The highest BCUT2D eigenvalue weighted by atomic mass is 32.1. The third-order valence-corrected chi connectivity index (χ3v) is 12.5. The minimum atomic E-state index is 0.915. The molecule has 0 bridgehead atoms. The topological polar surface area (TPSA) is 21.3 Å². The zero-order valence-corrected chi connectivity index (χ0v) is 31.0. The van der Waals surface area contributed by atoms with E-state index in [0.29, 0.717) is 0 Å². The van der Waals surface area contributed by atoms with Gasteiger partial charge in [0.15, 0.2) is 0 Å². The lowest BCUT2D eigenvalue weighted by Crippen LogP contribution is -2.10. The van der Waals surface area contributed by atoms with Crippen LogP contribution < -0.4 is 4.90 Å². The predicted molar refractivity (Wildman–Crippen MR) is 239 cm³/mol. The van der Waals surface area contributed by atoms with Gasteiger partial charge in [0.2, 0.25) is 0 Å². The van der Waals surface area contributed by atoms with Crippen LogP contribution in [0.2, 0.25) is 0 Å². The van der Waals surface area contributed by atoms with E-state index in [2.05, 4.69) is 204 Å². The quantitative estimate of drug-likeness (QED) is 0.176. The van der Waals surface area contributed by atoms with E-state index in [1.54, 1.807) is 0 Å². The van der Waals surface area contributed by atoms with Crippen molar-refractivity contribution in [1.29, 1.82) is 0 Å². The van der Waals surface area contributed by atoms with Gasteiger partial charge in [-0.05, 0) is 83.7 Å². The van der Waals surface area contributed by atoms with Crippen LogP contribution in [-0.4, -0.2) is 4.57 Å². The maximum Gasteiger partial charge on any atom is 0.143 e. The van der Waals surface area contributed by atoms with E-state index in [1.165, 1.54) is 47.4 Å². The Bertz CT molecular complexity index is 3420. The van der Waals surface area contributed by atoms with E-state index in [1.807, 2.05) is 11.3 Å². The largest absolute Gasteiger partial charge is 0.455 e. The molecule has 0 amide bonds. The molecule has 0 atom stereocenters. The molecule has 0 saturated heterocycles. The van der Waals surface area contributed by atoms with Crippen LogP contribution in [0, 0.1) is 0 Å². The van der Waals surface area contributed by atoms with Crippen molar-refractivity contribution in [1.82, 2.24) is 4.57 Å². The molecule has 0 fully saturated rings. The van der Waals surface area contributed by atoms with E-state index < -0.39 is 0 Å². The second kappa shape index (κ2) is 12.2. The highest BCUT2D eigenvalue weighted by Gasteiger charge is 2.20. The maximum absolute atomic E-state index is 6.73. The normalized spacial score (nSPS) is 11.9. The molecular weight excluding hydrogens is 701 g/mol. The number of para-hydroxylation sites is 3. The molecule has 4 heteroatoms. The highest BCUT2D eigenvalue weighted by molar-refractivity contribution is 7.26. The van der Waals surface area contributed by atoms with Gasteiger partial charge in [0.25, 0.3) is 0 Å². The lowest BCUT2D eigenvalue weighted by molar-refractivity contribution is 0.674. The van der Waals surface area contributed by atoms with Crippen molar-refractivity contribution in [3.63, 3.8) is 0 Å². The molecule has 0 aliphatic heterocycles. The molecule has 0 radical (unpaired) electrons. The molecule has 3 heterocycles. The van der Waals surface area contributed by atoms with Gasteiger partial charge in [0, 0.05) is 69.7 Å². The summed E-state index contributed by atoms with van der Waals surface area (Å²) in [6, 6.07) is 70.1. The van der Waals surface area contributed by atoms with Crippen LogP contribution in [0.1, 0.15) is 0 Å². The zero-order chi connectivity index (χ0) is 36.7. The molecule has 0 saturated carbocycles. The van der Waals surface area contributed by atoms with Gasteiger partial charge in [-0.3, -0.25) is 0 Å². The van der Waals surface area contributed by atoms with E-state index in [4.69, 9.17) is 4.42 Å². The highest BCUT2D eigenvalue weighted by Crippen LogP contribution is 2.46. The standard InChI is InChI=1S/C52H32N2OS/c1-2-12-38-33(11-1)25-32-43-42-17-9-16-39(51(42)55-52(38)43)34-23-26-35(27-24-34)53(47-20-10-22-49-50(47)44-15-5-8-21-48(44)56-49)36-28-30-37(31-29-36)54-45-18-6-3-13-40(45)41-14-4-7-19-46(41)54/h1-32H. The first-order chi connectivity index (χ1) is 27.8. The summed E-state index contributed by atoms with van der Waals surface area (Å²) in [5, 5.41) is 9.66. The molecule has 3 aromatic heterocycles. The van der Waals surface area contributed by atoms with E-state index in [-0.39, 0.29) is 0 Å². The Balaban J connectivity index is 1.02. The second-order valence-corrected chi connectivity index (χ2v) is 15.5. The first kappa shape index (κ1) is 31.2. The van der Waals surface area contributed by atoms with Gasteiger partial charge in [0.05, 0.1) is 16.7 Å². The van der Waals surface area contributed by atoms with E-state index >= 15 is 0 Å². The lowest BCUT2D eigenvalue weighted by atomic mass is 10.0. The van der Waals surface area contributed by atoms with Crippen molar-refractivity contribution < 1.29 is 4.42 Å². The van der Waals surface area contributed by atoms with Gasteiger partial charge >= 0.3 is 0 Å². The van der Waals surface area contributed by atoms with Crippen molar-refractivity contribution >= 4 is 103 Å². The van der Waals surface area contributed by atoms with Crippen LogP contribution in [0.4, 0.5) is 17.1 Å². The number of rotatable bonds is 5. The van der Waals surface area contributed by atoms with Gasteiger partial charge in [-0.25, -0.2) is 0 Å². The molecule has 0 spiro atoms. The van der Waals surface area contributed by atoms with Crippen molar-refractivity contribution in [2.24, 2.45) is 0 Å². The third kappa shape index (κ3) is 4.63. The SMILES string of the molecule is c1ccc2c(c1)ccc1c3cccc(-c4ccc(N(c5ccc(-n6c7ccccc7c7ccccc76)cc5)c5cccc6sc7ccccc7c56)cc4)c3oc21. The molecule has 3 nitrogen and oxygen atoms in total. The van der Waals surface area contributed by atoms with Gasteiger partial charge < -0.3 is 13.9 Å². The Morgan fingerprint density at radius 2 is 1.00 bits per heavy atom. The number of hydrogen-bond acceptors (Lipinski definition) is 3. The number of hydrogen-bond donors (Lipinski definition) is 0. The Hall–Kier alpha value is -7.14. The van der Waals surface area contributed by atoms with Crippen molar-refractivity contribution in [2.75, 3.05) is 4.90 Å². The lowest BCUT2D eigenvalue weighted by Gasteiger charge is -2.27. The van der Waals surface area contributed by atoms with Gasteiger partial charge in [0.1, 0.15) is 11.2 Å². The molecular formula is C52H32N2OS. The van der Waals surface area contributed by atoms with E-state index in [0.717, 1.165) is 61.2 Å². The Kier molecular flexibility index (Phi) is 6.80. The van der Waals surface area contributed by atoms with Crippen LogP contribution in [0.15, 0.2) is 199 Å². The zero-order valence-electron chi connectivity index (χ0n) is 30.2. The first-order valence-corrected chi connectivity index (χ1v) is 19.8. The van der Waals surface area contributed by atoms with Crippen LogP contribution >= 0.6 is 11.3 Å². The summed E-state index contributed by atoms with van der Waals surface area (Å²) in [6.45, 7) is 0. The number of nitrogens with zero attached hydrogens (tertiary/aromatic N) is 2. The summed E-state index contributed by atoms with van der Waals surface area (Å²) in [5.74, 6) is 0. The number of anilines is 3. The van der Waals surface area contributed by atoms with Gasteiger partial charge in [-0.1, -0.05) is 121 Å². The predicted octanol–water partition coefficient (Wildman–Crippen LogP) is 15.3. The Morgan fingerprint density at radius 1 is 0.411 bits per heavy atom. The molecule has 12 rings (SSSR count). The summed E-state index contributed by atoms with van der Waals surface area (Å²) < 4.78 is 11.7. The van der Waals surface area contributed by atoms with Crippen molar-refractivity contribution in [3.8, 4) is 16.8 Å². The van der Waals surface area contributed by atoms with Crippen LogP contribution in [0.3, 0.4) is 0 Å². The number of benzene rings is 9. The minimum absolute atomic E-state index is 0.915. The Labute approximate surface area is 326 Å². The van der Waals surface area contributed by atoms with Crippen LogP contribution in [0.5, 0.6) is 0 Å². The number of fused-ring (bicyclic) bond motifs is 11. The Morgan fingerprint density at radius 3 is 1.77 bits per heavy atom. The van der Waals surface area contributed by atoms with E-state index in [9.17, 15) is 0 Å². The van der Waals surface area contributed by atoms with Crippen LogP contribution in [0.25, 0.3) is 91.5 Å². The maximum atomic E-state index is 6.73. The average Bonchev–Trinajstić information content (AvgIpc) is 3.95. The first-order valence-electron chi connectivity index (χ1n) is 19.0. The second-order valence-electron chi connectivity index (χ2n) is 14.5. The van der Waals surface area contributed by atoms with Gasteiger partial charge in [-0.15, -0.1) is 11.3 Å².